The summed E-state index contributed by atoms with van der Waals surface area (Å²) < 4.78 is 5.10. The molecule has 0 unspecified atom stereocenters. The minimum absolute atomic E-state index is 0.186. The smallest absolute Gasteiger partial charge is 0.276 e. The molecule has 3 saturated carbocycles. The number of anilines is 5. The lowest BCUT2D eigenvalue weighted by atomic mass is 9.89. The van der Waals surface area contributed by atoms with E-state index in [0.29, 0.717) is 26.6 Å². The zero-order valence-electron chi connectivity index (χ0n) is 37.2. The summed E-state index contributed by atoms with van der Waals surface area (Å²) in [5.74, 6) is -0.775. The molecule has 0 saturated heterocycles. The lowest BCUT2D eigenvalue weighted by molar-refractivity contribution is 0.0867. The van der Waals surface area contributed by atoms with Gasteiger partial charge in [0.2, 0.25) is 0 Å². The average Bonchev–Trinajstić information content (AvgIpc) is 4.22. The van der Waals surface area contributed by atoms with Gasteiger partial charge in [0.25, 0.3) is 34.4 Å². The minimum atomic E-state index is -0.628. The second-order valence-corrected chi connectivity index (χ2v) is 22.4. The van der Waals surface area contributed by atoms with Gasteiger partial charge in [-0.05, 0) is 111 Å². The predicted octanol–water partition coefficient (Wildman–Crippen LogP) is 9.47. The Bertz CT molecular complexity index is 2990. The lowest BCUT2D eigenvalue weighted by Crippen LogP contribution is -2.48. The van der Waals surface area contributed by atoms with E-state index >= 15 is 0 Å². The first kappa shape index (κ1) is 49.9. The Kier molecular flexibility index (Phi) is 14.6. The number of nitrogen functional groups attached to an aromatic ring is 1. The lowest BCUT2D eigenvalue weighted by Gasteiger charge is -2.35. The Balaban J connectivity index is 0.000000124. The fourth-order valence-electron chi connectivity index (χ4n) is 10.2. The van der Waals surface area contributed by atoms with Crippen LogP contribution in [0.3, 0.4) is 0 Å². The van der Waals surface area contributed by atoms with Crippen LogP contribution in [0.4, 0.5) is 26.4 Å². The maximum atomic E-state index is 13.0. The number of carbonyl (C=O) groups excluding carboxylic acids is 3. The van der Waals surface area contributed by atoms with Gasteiger partial charge in [-0.25, -0.2) is 0 Å². The molecule has 12 rings (SSSR count). The molecular formula is C45H46BrCl3N12O6S3. The molecule has 0 aromatic carbocycles. The number of aromatic nitrogens is 6. The van der Waals surface area contributed by atoms with Crippen molar-refractivity contribution in [3.05, 3.63) is 121 Å². The van der Waals surface area contributed by atoms with E-state index in [4.69, 9.17) is 40.5 Å². The summed E-state index contributed by atoms with van der Waals surface area (Å²) in [5.41, 5.74) is 9.43. The average molecular weight is 1130 g/mol. The molecule has 18 nitrogen and oxygen atoms in total. The first-order valence-electron chi connectivity index (χ1n) is 22.6. The summed E-state index contributed by atoms with van der Waals surface area (Å²) in [5, 5.41) is 18.3. The van der Waals surface area contributed by atoms with E-state index in [1.807, 2.05) is 0 Å². The van der Waals surface area contributed by atoms with Crippen molar-refractivity contribution >= 4 is 129 Å². The second kappa shape index (κ2) is 20.6. The Morgan fingerprint density at radius 3 is 1.17 bits per heavy atom. The number of carbonyl (C=O) groups is 3. The highest BCUT2D eigenvalue weighted by atomic mass is 79.9. The van der Waals surface area contributed by atoms with Crippen molar-refractivity contribution in [3.8, 4) is 0 Å². The van der Waals surface area contributed by atoms with E-state index in [2.05, 4.69) is 57.5 Å². The molecule has 9 heterocycles. The number of rotatable bonds is 4. The molecule has 6 aromatic rings. The highest BCUT2D eigenvalue weighted by Gasteiger charge is 2.48. The third kappa shape index (κ3) is 9.55. The fraction of sp³-hybridized carbons (Fsp3) is 0.400. The van der Waals surface area contributed by atoms with Crippen LogP contribution < -0.4 is 49.0 Å². The van der Waals surface area contributed by atoms with Gasteiger partial charge in [-0.3, -0.25) is 57.4 Å². The Labute approximate surface area is 435 Å². The first-order valence-corrected chi connectivity index (χ1v) is 27.2. The molecule has 3 spiro atoms. The number of pyridine rings is 3. The van der Waals surface area contributed by atoms with Crippen LogP contribution in [-0.4, -0.2) is 46.4 Å². The third-order valence-corrected chi connectivity index (χ3v) is 16.7. The summed E-state index contributed by atoms with van der Waals surface area (Å²) in [6.45, 7) is 0. The summed E-state index contributed by atoms with van der Waals surface area (Å²) in [4.78, 5) is 86.7. The van der Waals surface area contributed by atoms with Gasteiger partial charge in [0.1, 0.15) is 60.4 Å². The Morgan fingerprint density at radius 1 is 0.514 bits per heavy atom. The van der Waals surface area contributed by atoms with Gasteiger partial charge in [0, 0.05) is 0 Å². The molecule has 7 N–H and O–H groups in total. The number of fused-ring (bicyclic) bond motifs is 6. The minimum Gasteiger partial charge on any atom is -0.389 e. The van der Waals surface area contributed by atoms with Gasteiger partial charge < -0.3 is 32.3 Å². The van der Waals surface area contributed by atoms with Crippen LogP contribution in [-0.2, 0) is 17.0 Å². The van der Waals surface area contributed by atoms with Crippen LogP contribution in [0.25, 0.3) is 0 Å². The molecule has 368 valence electrons. The maximum Gasteiger partial charge on any atom is 0.276 e. The molecule has 70 heavy (non-hydrogen) atoms. The number of nitrogens with one attached hydrogen (secondary N) is 5. The number of hydrogen-bond acceptors (Lipinski definition) is 15. The topological polar surface area (TPSA) is 242 Å². The zero-order chi connectivity index (χ0) is 49.4. The van der Waals surface area contributed by atoms with Gasteiger partial charge in [-0.1, -0.05) is 54.1 Å². The molecule has 3 fully saturated rings. The highest BCUT2D eigenvalue weighted by Crippen LogP contribution is 2.41. The quantitative estimate of drug-likeness (QED) is 0.0967. The largest absolute Gasteiger partial charge is 0.389 e. The molecule has 3 aliphatic carbocycles. The van der Waals surface area contributed by atoms with Gasteiger partial charge in [-0.15, -0.1) is 34.0 Å². The van der Waals surface area contributed by atoms with Crippen molar-refractivity contribution in [1.82, 2.24) is 44.6 Å². The van der Waals surface area contributed by atoms with E-state index < -0.39 is 17.0 Å². The van der Waals surface area contributed by atoms with E-state index in [1.54, 1.807) is 48.8 Å². The van der Waals surface area contributed by atoms with E-state index in [-0.39, 0.29) is 55.8 Å². The van der Waals surface area contributed by atoms with Crippen LogP contribution in [0.5, 0.6) is 0 Å². The van der Waals surface area contributed by atoms with Crippen LogP contribution in [0, 0.1) is 0 Å². The summed E-state index contributed by atoms with van der Waals surface area (Å²) >= 11 is 26.2. The van der Waals surface area contributed by atoms with Crippen molar-refractivity contribution < 1.29 is 14.4 Å². The molecule has 0 atom stereocenters. The Morgan fingerprint density at radius 2 is 0.857 bits per heavy atom. The predicted molar refractivity (Wildman–Crippen MR) is 278 cm³/mol. The van der Waals surface area contributed by atoms with E-state index in [9.17, 15) is 28.8 Å². The van der Waals surface area contributed by atoms with Gasteiger partial charge in [0.05, 0.1) is 54.7 Å². The van der Waals surface area contributed by atoms with Crippen molar-refractivity contribution in [2.75, 3.05) is 16.4 Å². The molecule has 3 amide bonds. The molecule has 25 heteroatoms. The zero-order valence-corrected chi connectivity index (χ0v) is 43.6. The van der Waals surface area contributed by atoms with Crippen molar-refractivity contribution in [2.24, 2.45) is 0 Å². The number of amides is 3. The van der Waals surface area contributed by atoms with Gasteiger partial charge in [0.15, 0.2) is 0 Å². The first-order chi connectivity index (χ1) is 33.7. The van der Waals surface area contributed by atoms with Gasteiger partial charge >= 0.3 is 0 Å². The van der Waals surface area contributed by atoms with Crippen molar-refractivity contribution in [2.45, 2.75) is 113 Å². The monoisotopic (exact) mass is 1130 g/mol. The van der Waals surface area contributed by atoms with Crippen molar-refractivity contribution in [1.29, 1.82) is 0 Å². The SMILES string of the molecule is Nc1cncs1.O=C1NC2(CCCCC2)n2c1c(Cl)cc(Br)c2=O.O=C1NC2(CCCCC2)n2c1c(Cl)cc(Nc1cncs1)c2=O.O=C1NC2(CCCCC2)n2c1c(Cl)cc(Nc1cncs1)c2=O. The molecule has 0 bridgehead atoms. The number of nitrogens with two attached hydrogens (primary N) is 1. The number of halogens is 4. The van der Waals surface area contributed by atoms with Crippen LogP contribution in [0.2, 0.25) is 15.1 Å². The molecule has 6 aliphatic rings. The molecule has 0 radical (unpaired) electrons. The summed E-state index contributed by atoms with van der Waals surface area (Å²) in [6, 6.07) is 4.55. The summed E-state index contributed by atoms with van der Waals surface area (Å²) in [7, 11) is 0. The van der Waals surface area contributed by atoms with Crippen LogP contribution in [0.15, 0.2) is 72.2 Å². The number of hydrogen-bond donors (Lipinski definition) is 6. The molecule has 3 aliphatic heterocycles. The third-order valence-electron chi connectivity index (χ3n) is 13.3. The van der Waals surface area contributed by atoms with E-state index in [1.165, 1.54) is 52.2 Å². The van der Waals surface area contributed by atoms with Crippen LogP contribution in [0.1, 0.15) is 128 Å². The number of thiazole rings is 3. The highest BCUT2D eigenvalue weighted by molar-refractivity contribution is 9.10. The van der Waals surface area contributed by atoms with Crippen molar-refractivity contribution in [3.63, 3.8) is 0 Å². The maximum absolute atomic E-state index is 13.0. The Hall–Kier alpha value is -5.10. The molecule has 6 aromatic heterocycles. The fourth-order valence-corrected chi connectivity index (χ4v) is 13.0. The second-order valence-electron chi connectivity index (χ2n) is 17.6. The molecular weight excluding hydrogens is 1090 g/mol. The van der Waals surface area contributed by atoms with Crippen LogP contribution >= 0.6 is 84.7 Å². The standard InChI is InChI=1S/2C15H15ClN4O2S.C12H12BrClN2O2.C3H4N2S/c2*16-9-6-10(18-11-7-17-8-23-11)14(22)20-12(9)13(21)19-15(20)4-2-1-3-5-15;13-7-6-8(14)9-10(17)15-12(16(9)11(7)18)4-2-1-3-5-12;4-3-1-5-2-6-3/h2*6-8,18H,1-5H2,(H,19,21);6H,1-5H2,(H,15,17);1-2H,4H2. The summed E-state index contributed by atoms with van der Waals surface area (Å²) in [6.07, 6.45) is 18.9. The number of nitrogens with zero attached hydrogens (tertiary/aromatic N) is 6. The normalized spacial score (nSPS) is 18.4. The van der Waals surface area contributed by atoms with Gasteiger partial charge in [-0.2, -0.15) is 0 Å². The van der Waals surface area contributed by atoms with E-state index in [0.717, 1.165) is 111 Å².